The number of carbonyl (C=O) groups excluding carboxylic acids is 1. The fourth-order valence-electron chi connectivity index (χ4n) is 3.09. The number of likely N-dealkylation sites (tertiary alicyclic amines) is 1. The second-order valence-corrected chi connectivity index (χ2v) is 6.09. The molecule has 1 aliphatic rings. The van der Waals surface area contributed by atoms with Gasteiger partial charge in [0.2, 0.25) is 0 Å². The van der Waals surface area contributed by atoms with E-state index < -0.39 is 5.91 Å². The smallest absolute Gasteiger partial charge is 0.252 e. The first-order chi connectivity index (χ1) is 12.0. The Morgan fingerprint density at radius 2 is 2.16 bits per heavy atom. The molecule has 1 amide bonds. The minimum Gasteiger partial charge on any atom is -0.492 e. The first-order valence-corrected chi connectivity index (χ1v) is 8.30. The number of hydrogen-bond acceptors (Lipinski definition) is 5. The van der Waals surface area contributed by atoms with Crippen molar-refractivity contribution >= 4 is 5.91 Å². The maximum absolute atomic E-state index is 12.9. The standard InChI is InChI=1S/C18H21FN4O2/c1-12-15(17(20)24)11-21-18(22-12)16-3-2-8-23(16)9-10-25-14-6-4-13(19)5-7-14/h4-7,11,16H,2-3,8-10H2,1H3,(H2,20,24)/t16-/m0/s1. The van der Waals surface area contributed by atoms with Crippen molar-refractivity contribution in [3.8, 4) is 5.75 Å². The third kappa shape index (κ3) is 4.11. The van der Waals surface area contributed by atoms with E-state index in [1.807, 2.05) is 0 Å². The van der Waals surface area contributed by atoms with Crippen LogP contribution in [0.2, 0.25) is 0 Å². The number of ether oxygens (including phenoxy) is 1. The highest BCUT2D eigenvalue weighted by Gasteiger charge is 2.28. The molecular formula is C18H21FN4O2. The minimum atomic E-state index is -0.514. The van der Waals surface area contributed by atoms with E-state index in [4.69, 9.17) is 10.5 Å². The molecule has 25 heavy (non-hydrogen) atoms. The molecule has 0 unspecified atom stereocenters. The fraction of sp³-hybridized carbons (Fsp3) is 0.389. The average Bonchev–Trinajstić information content (AvgIpc) is 3.05. The summed E-state index contributed by atoms with van der Waals surface area (Å²) in [6.07, 6.45) is 3.53. The minimum absolute atomic E-state index is 0.109. The summed E-state index contributed by atoms with van der Waals surface area (Å²) in [7, 11) is 0. The highest BCUT2D eigenvalue weighted by atomic mass is 19.1. The van der Waals surface area contributed by atoms with Crippen LogP contribution in [0.3, 0.4) is 0 Å². The van der Waals surface area contributed by atoms with Crippen LogP contribution in [-0.4, -0.2) is 40.5 Å². The van der Waals surface area contributed by atoms with Crippen molar-refractivity contribution in [1.82, 2.24) is 14.9 Å². The summed E-state index contributed by atoms with van der Waals surface area (Å²) in [6, 6.07) is 6.10. The maximum Gasteiger partial charge on any atom is 0.252 e. The Hall–Kier alpha value is -2.54. The number of amides is 1. The molecule has 1 fully saturated rings. The Balaban J connectivity index is 1.61. The molecule has 7 heteroatoms. The van der Waals surface area contributed by atoms with Crippen LogP contribution in [0.15, 0.2) is 30.5 Å². The molecule has 1 aromatic heterocycles. The lowest BCUT2D eigenvalue weighted by atomic mass is 10.1. The number of rotatable bonds is 6. The summed E-state index contributed by atoms with van der Waals surface area (Å²) in [4.78, 5) is 22.4. The van der Waals surface area contributed by atoms with Crippen LogP contribution in [0, 0.1) is 12.7 Å². The van der Waals surface area contributed by atoms with Crippen LogP contribution in [-0.2, 0) is 0 Å². The molecule has 2 aromatic rings. The lowest BCUT2D eigenvalue weighted by Crippen LogP contribution is -2.29. The third-order valence-corrected chi connectivity index (χ3v) is 4.39. The molecule has 1 saturated heterocycles. The van der Waals surface area contributed by atoms with Crippen molar-refractivity contribution in [2.75, 3.05) is 19.7 Å². The summed E-state index contributed by atoms with van der Waals surface area (Å²) in [5.74, 6) is 0.566. The zero-order valence-corrected chi connectivity index (χ0v) is 14.1. The predicted octanol–water partition coefficient (Wildman–Crippen LogP) is 2.24. The highest BCUT2D eigenvalue weighted by Crippen LogP contribution is 2.29. The molecule has 2 N–H and O–H groups in total. The van der Waals surface area contributed by atoms with Gasteiger partial charge in [-0.3, -0.25) is 9.69 Å². The molecule has 3 rings (SSSR count). The Morgan fingerprint density at radius 1 is 1.40 bits per heavy atom. The fourth-order valence-corrected chi connectivity index (χ4v) is 3.09. The summed E-state index contributed by atoms with van der Waals surface area (Å²) < 4.78 is 18.6. The van der Waals surface area contributed by atoms with E-state index in [1.165, 1.54) is 18.3 Å². The van der Waals surface area contributed by atoms with Crippen LogP contribution in [0.1, 0.15) is 40.8 Å². The summed E-state index contributed by atoms with van der Waals surface area (Å²) in [5, 5.41) is 0. The van der Waals surface area contributed by atoms with Crippen molar-refractivity contribution in [3.05, 3.63) is 53.4 Å². The van der Waals surface area contributed by atoms with Gasteiger partial charge in [0.25, 0.3) is 5.91 Å². The molecule has 0 saturated carbocycles. The normalized spacial score (nSPS) is 17.6. The van der Waals surface area contributed by atoms with Gasteiger partial charge in [0.05, 0.1) is 17.3 Å². The number of benzene rings is 1. The van der Waals surface area contributed by atoms with Gasteiger partial charge in [-0.1, -0.05) is 0 Å². The third-order valence-electron chi connectivity index (χ3n) is 4.39. The molecule has 1 aromatic carbocycles. The van der Waals surface area contributed by atoms with Crippen LogP contribution in [0.4, 0.5) is 4.39 Å². The molecular weight excluding hydrogens is 323 g/mol. The van der Waals surface area contributed by atoms with E-state index in [0.717, 1.165) is 25.9 Å². The number of aryl methyl sites for hydroxylation is 1. The zero-order chi connectivity index (χ0) is 17.8. The van der Waals surface area contributed by atoms with Crippen LogP contribution in [0.25, 0.3) is 0 Å². The number of nitrogens with two attached hydrogens (primary N) is 1. The number of aromatic nitrogens is 2. The van der Waals surface area contributed by atoms with Crippen LogP contribution in [0.5, 0.6) is 5.75 Å². The van der Waals surface area contributed by atoms with E-state index >= 15 is 0 Å². The first kappa shape index (κ1) is 17.3. The zero-order valence-electron chi connectivity index (χ0n) is 14.1. The SMILES string of the molecule is Cc1nc([C@@H]2CCCN2CCOc2ccc(F)cc2)ncc1C(N)=O. The van der Waals surface area contributed by atoms with Crippen LogP contribution < -0.4 is 10.5 Å². The largest absolute Gasteiger partial charge is 0.492 e. The van der Waals surface area contributed by atoms with Gasteiger partial charge in [0, 0.05) is 12.7 Å². The molecule has 132 valence electrons. The molecule has 6 nitrogen and oxygen atoms in total. The van der Waals surface area contributed by atoms with Crippen molar-refractivity contribution in [2.24, 2.45) is 5.73 Å². The van der Waals surface area contributed by atoms with Gasteiger partial charge in [0.1, 0.15) is 24.0 Å². The maximum atomic E-state index is 12.9. The predicted molar refractivity (Wildman–Crippen MR) is 90.7 cm³/mol. The quantitative estimate of drug-likeness (QED) is 0.869. The summed E-state index contributed by atoms with van der Waals surface area (Å²) in [6.45, 7) is 3.93. The summed E-state index contributed by atoms with van der Waals surface area (Å²) in [5.41, 5.74) is 6.26. The lowest BCUT2D eigenvalue weighted by molar-refractivity contribution is 0.0998. The second-order valence-electron chi connectivity index (χ2n) is 6.09. The van der Waals surface area contributed by atoms with Crippen molar-refractivity contribution in [3.63, 3.8) is 0 Å². The Bertz CT molecular complexity index is 751. The average molecular weight is 344 g/mol. The van der Waals surface area contributed by atoms with Crippen molar-refractivity contribution < 1.29 is 13.9 Å². The van der Waals surface area contributed by atoms with E-state index in [1.54, 1.807) is 19.1 Å². The van der Waals surface area contributed by atoms with E-state index in [0.29, 0.717) is 29.4 Å². The lowest BCUT2D eigenvalue weighted by Gasteiger charge is -2.23. The summed E-state index contributed by atoms with van der Waals surface area (Å²) >= 11 is 0. The molecule has 2 heterocycles. The van der Waals surface area contributed by atoms with E-state index in [9.17, 15) is 9.18 Å². The van der Waals surface area contributed by atoms with E-state index in [-0.39, 0.29) is 11.9 Å². The number of nitrogens with zero attached hydrogens (tertiary/aromatic N) is 3. The van der Waals surface area contributed by atoms with Gasteiger partial charge in [-0.2, -0.15) is 0 Å². The highest BCUT2D eigenvalue weighted by molar-refractivity contribution is 5.93. The first-order valence-electron chi connectivity index (χ1n) is 8.30. The number of halogens is 1. The van der Waals surface area contributed by atoms with Gasteiger partial charge in [-0.05, 0) is 50.6 Å². The molecule has 0 spiro atoms. The Morgan fingerprint density at radius 3 is 2.84 bits per heavy atom. The molecule has 0 radical (unpaired) electrons. The van der Waals surface area contributed by atoms with Gasteiger partial charge in [0.15, 0.2) is 0 Å². The second kappa shape index (κ2) is 7.57. The van der Waals surface area contributed by atoms with Crippen LogP contribution >= 0.6 is 0 Å². The number of carbonyl (C=O) groups is 1. The van der Waals surface area contributed by atoms with Gasteiger partial charge >= 0.3 is 0 Å². The molecule has 1 atom stereocenters. The molecule has 0 aliphatic carbocycles. The molecule has 0 bridgehead atoms. The van der Waals surface area contributed by atoms with Crippen molar-refractivity contribution in [1.29, 1.82) is 0 Å². The number of hydrogen-bond donors (Lipinski definition) is 1. The Kier molecular flexibility index (Phi) is 5.23. The van der Waals surface area contributed by atoms with E-state index in [2.05, 4.69) is 14.9 Å². The topological polar surface area (TPSA) is 81.3 Å². The van der Waals surface area contributed by atoms with Gasteiger partial charge < -0.3 is 10.5 Å². The van der Waals surface area contributed by atoms with Gasteiger partial charge in [-0.25, -0.2) is 14.4 Å². The number of primary amides is 1. The van der Waals surface area contributed by atoms with Gasteiger partial charge in [-0.15, -0.1) is 0 Å². The molecule has 1 aliphatic heterocycles. The monoisotopic (exact) mass is 344 g/mol. The van der Waals surface area contributed by atoms with Crippen molar-refractivity contribution in [2.45, 2.75) is 25.8 Å². The Labute approximate surface area is 145 Å².